The predicted molar refractivity (Wildman–Crippen MR) is 64.0 cm³/mol. The highest BCUT2D eigenvalue weighted by atomic mass is 79.9. The summed E-state index contributed by atoms with van der Waals surface area (Å²) in [5.41, 5.74) is 2.05. The van der Waals surface area contributed by atoms with Crippen LogP contribution in [0, 0.1) is 0 Å². The Kier molecular flexibility index (Phi) is 2.23. The van der Waals surface area contributed by atoms with Crippen molar-refractivity contribution < 1.29 is 0 Å². The van der Waals surface area contributed by atoms with Gasteiger partial charge in [0.05, 0.1) is 22.8 Å². The normalized spacial score (nSPS) is 11.0. The monoisotopic (exact) mass is 298 g/mol. The topological polar surface area (TPSA) is 51.6 Å². The second-order valence-electron chi connectivity index (χ2n) is 2.76. The zero-order valence-corrected chi connectivity index (χ0v) is 10.4. The summed E-state index contributed by atoms with van der Waals surface area (Å²) in [5.74, 6) is 0. The SMILES string of the molecule is Brc1ccsc1-c1cnc2nsnc2n1. The van der Waals surface area contributed by atoms with Crippen LogP contribution in [0.15, 0.2) is 22.1 Å². The molecule has 0 aliphatic rings. The maximum absolute atomic E-state index is 4.39. The van der Waals surface area contributed by atoms with Crippen molar-refractivity contribution in [3.63, 3.8) is 0 Å². The Labute approximate surface area is 101 Å². The molecule has 0 atom stereocenters. The van der Waals surface area contributed by atoms with Crippen LogP contribution < -0.4 is 0 Å². The van der Waals surface area contributed by atoms with E-state index in [-0.39, 0.29) is 0 Å². The van der Waals surface area contributed by atoms with Crippen LogP contribution in [0.5, 0.6) is 0 Å². The van der Waals surface area contributed by atoms with Gasteiger partial charge in [-0.2, -0.15) is 8.75 Å². The molecular formula is C8H3BrN4S2. The fourth-order valence-electron chi connectivity index (χ4n) is 1.18. The first-order chi connectivity index (χ1) is 7.34. The minimum atomic E-state index is 0.608. The van der Waals surface area contributed by atoms with Gasteiger partial charge in [0.15, 0.2) is 0 Å². The Balaban J connectivity index is 2.23. The first-order valence-corrected chi connectivity index (χ1v) is 6.43. The van der Waals surface area contributed by atoms with Crippen molar-refractivity contribution in [1.29, 1.82) is 0 Å². The molecule has 0 amide bonds. The van der Waals surface area contributed by atoms with E-state index in [1.807, 2.05) is 11.4 Å². The van der Waals surface area contributed by atoms with Gasteiger partial charge in [-0.1, -0.05) is 0 Å². The van der Waals surface area contributed by atoms with Gasteiger partial charge in [0.2, 0.25) is 11.3 Å². The molecule has 0 fully saturated rings. The highest BCUT2D eigenvalue weighted by Crippen LogP contribution is 2.32. The molecule has 74 valence electrons. The van der Waals surface area contributed by atoms with Gasteiger partial charge in [-0.05, 0) is 27.4 Å². The Morgan fingerprint density at radius 2 is 2.07 bits per heavy atom. The lowest BCUT2D eigenvalue weighted by Gasteiger charge is -1.95. The number of thiophene rings is 1. The first kappa shape index (κ1) is 9.32. The highest BCUT2D eigenvalue weighted by Gasteiger charge is 2.09. The molecular weight excluding hydrogens is 296 g/mol. The molecule has 3 heterocycles. The molecule has 15 heavy (non-hydrogen) atoms. The quantitative estimate of drug-likeness (QED) is 0.693. The molecule has 0 saturated heterocycles. The Bertz CT molecular complexity index is 618. The minimum Gasteiger partial charge on any atom is -0.231 e. The van der Waals surface area contributed by atoms with Crippen LogP contribution in [-0.2, 0) is 0 Å². The van der Waals surface area contributed by atoms with Gasteiger partial charge < -0.3 is 0 Å². The van der Waals surface area contributed by atoms with Crippen molar-refractivity contribution in [1.82, 2.24) is 18.7 Å². The van der Waals surface area contributed by atoms with Crippen LogP contribution in [0.2, 0.25) is 0 Å². The molecule has 3 aromatic heterocycles. The molecule has 7 heteroatoms. The summed E-state index contributed by atoms with van der Waals surface area (Å²) in [6, 6.07) is 1.99. The van der Waals surface area contributed by atoms with E-state index >= 15 is 0 Å². The number of aromatic nitrogens is 4. The second-order valence-corrected chi connectivity index (χ2v) is 5.06. The fourth-order valence-corrected chi connectivity index (χ4v) is 3.16. The van der Waals surface area contributed by atoms with Gasteiger partial charge >= 0.3 is 0 Å². The van der Waals surface area contributed by atoms with Crippen LogP contribution in [0.1, 0.15) is 0 Å². The summed E-state index contributed by atoms with van der Waals surface area (Å²) in [6.07, 6.45) is 1.72. The summed E-state index contributed by atoms with van der Waals surface area (Å²) >= 11 is 6.22. The molecule has 0 aromatic carbocycles. The van der Waals surface area contributed by atoms with Crippen molar-refractivity contribution in [3.05, 3.63) is 22.1 Å². The third kappa shape index (κ3) is 1.56. The lowest BCUT2D eigenvalue weighted by molar-refractivity contribution is 1.26. The van der Waals surface area contributed by atoms with Crippen molar-refractivity contribution in [3.8, 4) is 10.6 Å². The second kappa shape index (κ2) is 3.58. The maximum atomic E-state index is 4.39. The fraction of sp³-hybridized carbons (Fsp3) is 0. The van der Waals surface area contributed by atoms with Gasteiger partial charge in [0.1, 0.15) is 5.69 Å². The van der Waals surface area contributed by atoms with E-state index in [0.29, 0.717) is 11.3 Å². The molecule has 3 aromatic rings. The van der Waals surface area contributed by atoms with E-state index in [1.165, 1.54) is 0 Å². The molecule has 0 N–H and O–H groups in total. The lowest BCUT2D eigenvalue weighted by Crippen LogP contribution is -1.86. The van der Waals surface area contributed by atoms with Crippen molar-refractivity contribution in [2.24, 2.45) is 0 Å². The van der Waals surface area contributed by atoms with Gasteiger partial charge in [-0.15, -0.1) is 11.3 Å². The molecule has 4 nitrogen and oxygen atoms in total. The predicted octanol–water partition coefficient (Wildman–Crippen LogP) is 2.97. The third-order valence-electron chi connectivity index (χ3n) is 1.84. The van der Waals surface area contributed by atoms with Gasteiger partial charge in [-0.3, -0.25) is 0 Å². The molecule has 0 aliphatic carbocycles. The van der Waals surface area contributed by atoms with Gasteiger partial charge in [0.25, 0.3) is 0 Å². The van der Waals surface area contributed by atoms with E-state index < -0.39 is 0 Å². The number of nitrogens with zero attached hydrogens (tertiary/aromatic N) is 4. The van der Waals surface area contributed by atoms with Crippen LogP contribution in [0.25, 0.3) is 21.9 Å². The Hall–Kier alpha value is -0.920. The molecule has 0 aliphatic heterocycles. The number of hydrogen-bond acceptors (Lipinski definition) is 6. The van der Waals surface area contributed by atoms with Crippen LogP contribution in [0.4, 0.5) is 0 Å². The van der Waals surface area contributed by atoms with Crippen LogP contribution >= 0.6 is 39.0 Å². The summed E-state index contributed by atoms with van der Waals surface area (Å²) in [4.78, 5) is 9.66. The number of halogens is 1. The van der Waals surface area contributed by atoms with Gasteiger partial charge in [-0.25, -0.2) is 9.97 Å². The smallest absolute Gasteiger partial charge is 0.213 e. The largest absolute Gasteiger partial charge is 0.231 e. The molecule has 3 rings (SSSR count). The summed E-state index contributed by atoms with van der Waals surface area (Å²) < 4.78 is 9.11. The standard InChI is InChI=1S/C8H3BrN4S2/c9-4-1-2-14-6(4)5-3-10-7-8(11-5)13-15-12-7/h1-3H. The van der Waals surface area contributed by atoms with E-state index in [4.69, 9.17) is 0 Å². The molecule has 0 spiro atoms. The van der Waals surface area contributed by atoms with Crippen LogP contribution in [0.3, 0.4) is 0 Å². The number of fused-ring (bicyclic) bond motifs is 1. The van der Waals surface area contributed by atoms with E-state index in [0.717, 1.165) is 26.8 Å². The first-order valence-electron chi connectivity index (χ1n) is 4.03. The zero-order chi connectivity index (χ0) is 10.3. The van der Waals surface area contributed by atoms with Crippen molar-refractivity contribution in [2.75, 3.05) is 0 Å². The van der Waals surface area contributed by atoms with Crippen LogP contribution in [-0.4, -0.2) is 18.7 Å². The van der Waals surface area contributed by atoms with Crippen molar-refractivity contribution >= 4 is 50.3 Å². The molecule has 0 saturated carbocycles. The maximum Gasteiger partial charge on any atom is 0.213 e. The Morgan fingerprint density at radius 1 is 1.20 bits per heavy atom. The Morgan fingerprint density at radius 3 is 2.87 bits per heavy atom. The van der Waals surface area contributed by atoms with E-state index in [1.54, 1.807) is 17.5 Å². The minimum absolute atomic E-state index is 0.608. The number of hydrogen-bond donors (Lipinski definition) is 0. The average molecular weight is 299 g/mol. The summed E-state index contributed by atoms with van der Waals surface area (Å²) in [7, 11) is 0. The van der Waals surface area contributed by atoms with E-state index in [2.05, 4.69) is 34.6 Å². The van der Waals surface area contributed by atoms with Gasteiger partial charge in [0, 0.05) is 4.47 Å². The summed E-state index contributed by atoms with van der Waals surface area (Å²) in [6.45, 7) is 0. The molecule has 0 bridgehead atoms. The summed E-state index contributed by atoms with van der Waals surface area (Å²) in [5, 5.41) is 2.00. The zero-order valence-electron chi connectivity index (χ0n) is 7.22. The van der Waals surface area contributed by atoms with E-state index in [9.17, 15) is 0 Å². The average Bonchev–Trinajstić information content (AvgIpc) is 2.84. The molecule has 0 radical (unpaired) electrons. The molecule has 0 unspecified atom stereocenters. The third-order valence-corrected chi connectivity index (χ3v) is 4.21. The highest BCUT2D eigenvalue weighted by molar-refractivity contribution is 9.10. The van der Waals surface area contributed by atoms with Crippen molar-refractivity contribution in [2.45, 2.75) is 0 Å². The number of rotatable bonds is 1. The lowest BCUT2D eigenvalue weighted by atomic mass is 10.3.